The molecule has 1 aliphatic heterocycles. The van der Waals surface area contributed by atoms with Crippen molar-refractivity contribution in [1.29, 1.82) is 0 Å². The Hall–Kier alpha value is -0.570. The topological polar surface area (TPSA) is 49.4 Å². The Morgan fingerprint density at radius 3 is 2.38 bits per heavy atom. The standard InChI is InChI=1S/C11H20N2O2S/c1-3-8-11(2)12-16(14,15)13-9-6-4-5-7-10-13/h1,11-12H,4-10H2,2H3. The van der Waals surface area contributed by atoms with E-state index in [4.69, 9.17) is 6.42 Å². The van der Waals surface area contributed by atoms with E-state index in [0.29, 0.717) is 19.5 Å². The van der Waals surface area contributed by atoms with Crippen molar-refractivity contribution >= 4 is 10.2 Å². The highest BCUT2D eigenvalue weighted by atomic mass is 32.2. The average molecular weight is 244 g/mol. The lowest BCUT2D eigenvalue weighted by molar-refractivity contribution is 0.409. The van der Waals surface area contributed by atoms with Crippen LogP contribution in [0.5, 0.6) is 0 Å². The largest absolute Gasteiger partial charge is 0.279 e. The molecule has 1 heterocycles. The van der Waals surface area contributed by atoms with Gasteiger partial charge >= 0.3 is 0 Å². The second-order valence-electron chi connectivity index (χ2n) is 4.25. The fourth-order valence-electron chi connectivity index (χ4n) is 1.83. The summed E-state index contributed by atoms with van der Waals surface area (Å²) in [6.45, 7) is 3.03. The Morgan fingerprint density at radius 2 is 1.88 bits per heavy atom. The molecule has 5 heteroatoms. The van der Waals surface area contributed by atoms with Crippen LogP contribution in [0.3, 0.4) is 0 Å². The van der Waals surface area contributed by atoms with Crippen molar-refractivity contribution in [1.82, 2.24) is 9.03 Å². The molecule has 1 unspecified atom stereocenters. The maximum atomic E-state index is 12.0. The van der Waals surface area contributed by atoms with E-state index in [1.165, 1.54) is 4.31 Å². The molecule has 92 valence electrons. The van der Waals surface area contributed by atoms with Gasteiger partial charge in [0.1, 0.15) is 0 Å². The SMILES string of the molecule is C#CCC(C)NS(=O)(=O)N1CCCCCC1. The van der Waals surface area contributed by atoms with Crippen molar-refractivity contribution in [3.8, 4) is 12.3 Å². The van der Waals surface area contributed by atoms with Crippen LogP contribution in [0.2, 0.25) is 0 Å². The molecule has 4 nitrogen and oxygen atoms in total. The van der Waals surface area contributed by atoms with Crippen molar-refractivity contribution < 1.29 is 8.42 Å². The molecule has 0 amide bonds. The molecule has 1 N–H and O–H groups in total. The Morgan fingerprint density at radius 1 is 1.31 bits per heavy atom. The minimum absolute atomic E-state index is 0.196. The number of nitrogens with one attached hydrogen (secondary N) is 1. The van der Waals surface area contributed by atoms with Crippen LogP contribution < -0.4 is 4.72 Å². The average Bonchev–Trinajstić information content (AvgIpc) is 2.45. The molecule has 0 aromatic carbocycles. The van der Waals surface area contributed by atoms with Gasteiger partial charge in [0.25, 0.3) is 10.2 Å². The summed E-state index contributed by atoms with van der Waals surface area (Å²) in [5.74, 6) is 2.46. The molecular weight excluding hydrogens is 224 g/mol. The van der Waals surface area contributed by atoms with Crippen LogP contribution in [0.15, 0.2) is 0 Å². The third kappa shape index (κ3) is 4.12. The zero-order valence-corrected chi connectivity index (χ0v) is 10.6. The van der Waals surface area contributed by atoms with Crippen molar-refractivity contribution in [2.45, 2.75) is 45.1 Å². The summed E-state index contributed by atoms with van der Waals surface area (Å²) in [7, 11) is -3.34. The molecule has 1 aliphatic rings. The van der Waals surface area contributed by atoms with E-state index in [1.54, 1.807) is 6.92 Å². The van der Waals surface area contributed by atoms with E-state index in [1.807, 2.05) is 0 Å². The summed E-state index contributed by atoms with van der Waals surface area (Å²) in [4.78, 5) is 0. The van der Waals surface area contributed by atoms with Crippen LogP contribution in [-0.2, 0) is 10.2 Å². The molecule has 1 fully saturated rings. The van der Waals surface area contributed by atoms with Crippen LogP contribution in [0.4, 0.5) is 0 Å². The number of hydrogen-bond acceptors (Lipinski definition) is 2. The Kier molecular flexibility index (Phi) is 5.26. The molecule has 0 aliphatic carbocycles. The summed E-state index contributed by atoms with van der Waals surface area (Å²) in [6, 6.07) is -0.196. The smallest absolute Gasteiger partial charge is 0.198 e. The van der Waals surface area contributed by atoms with Gasteiger partial charge in [-0.15, -0.1) is 12.3 Å². The molecule has 1 atom stereocenters. The maximum absolute atomic E-state index is 12.0. The zero-order valence-electron chi connectivity index (χ0n) is 9.78. The van der Waals surface area contributed by atoms with Crippen LogP contribution in [0.1, 0.15) is 39.0 Å². The highest BCUT2D eigenvalue weighted by Crippen LogP contribution is 2.12. The lowest BCUT2D eigenvalue weighted by Crippen LogP contribution is -2.44. The minimum Gasteiger partial charge on any atom is -0.198 e. The number of nitrogens with zero attached hydrogens (tertiary/aromatic N) is 1. The third-order valence-corrected chi connectivity index (χ3v) is 4.42. The molecule has 1 rings (SSSR count). The van der Waals surface area contributed by atoms with Gasteiger partial charge in [0.2, 0.25) is 0 Å². The maximum Gasteiger partial charge on any atom is 0.279 e. The Balaban J connectivity index is 2.58. The molecule has 1 saturated heterocycles. The summed E-state index contributed by atoms with van der Waals surface area (Å²) in [5, 5.41) is 0. The summed E-state index contributed by atoms with van der Waals surface area (Å²) >= 11 is 0. The monoisotopic (exact) mass is 244 g/mol. The predicted octanol–water partition coefficient (Wildman–Crippen LogP) is 1.11. The summed E-state index contributed by atoms with van der Waals surface area (Å²) in [5.41, 5.74) is 0. The van der Waals surface area contributed by atoms with Gasteiger partial charge in [-0.1, -0.05) is 12.8 Å². The Labute approximate surface area is 98.6 Å². The Bertz CT molecular complexity index is 337. The normalized spacial score (nSPS) is 21.0. The van der Waals surface area contributed by atoms with Gasteiger partial charge in [0.15, 0.2) is 0 Å². The van der Waals surface area contributed by atoms with E-state index in [2.05, 4.69) is 10.6 Å². The zero-order chi connectivity index (χ0) is 12.0. The van der Waals surface area contributed by atoms with Gasteiger partial charge < -0.3 is 0 Å². The molecule has 0 spiro atoms. The predicted molar refractivity (Wildman–Crippen MR) is 65.0 cm³/mol. The van der Waals surface area contributed by atoms with Crippen molar-refractivity contribution in [3.05, 3.63) is 0 Å². The van der Waals surface area contributed by atoms with E-state index in [0.717, 1.165) is 25.7 Å². The summed E-state index contributed by atoms with van der Waals surface area (Å²) < 4.78 is 28.1. The first-order valence-electron chi connectivity index (χ1n) is 5.77. The molecule has 0 aromatic rings. The molecule has 16 heavy (non-hydrogen) atoms. The van der Waals surface area contributed by atoms with Crippen LogP contribution in [0, 0.1) is 12.3 Å². The van der Waals surface area contributed by atoms with Gasteiger partial charge in [-0.3, -0.25) is 0 Å². The highest BCUT2D eigenvalue weighted by molar-refractivity contribution is 7.87. The van der Waals surface area contributed by atoms with Gasteiger partial charge in [-0.25, -0.2) is 0 Å². The van der Waals surface area contributed by atoms with Crippen LogP contribution in [-0.4, -0.2) is 31.9 Å². The second kappa shape index (κ2) is 6.24. The van der Waals surface area contributed by atoms with Crippen LogP contribution >= 0.6 is 0 Å². The van der Waals surface area contributed by atoms with Crippen molar-refractivity contribution in [2.75, 3.05) is 13.1 Å². The van der Waals surface area contributed by atoms with E-state index in [9.17, 15) is 8.42 Å². The lowest BCUT2D eigenvalue weighted by Gasteiger charge is -2.22. The molecule has 0 bridgehead atoms. The van der Waals surface area contributed by atoms with E-state index >= 15 is 0 Å². The number of rotatable bonds is 4. The van der Waals surface area contributed by atoms with Gasteiger partial charge in [0.05, 0.1) is 0 Å². The second-order valence-corrected chi connectivity index (χ2v) is 5.95. The summed E-state index contributed by atoms with van der Waals surface area (Å²) in [6.07, 6.45) is 9.71. The number of terminal acetylenes is 1. The molecule has 0 aromatic heterocycles. The minimum atomic E-state index is -3.34. The third-order valence-electron chi connectivity index (χ3n) is 2.68. The highest BCUT2D eigenvalue weighted by Gasteiger charge is 2.23. The lowest BCUT2D eigenvalue weighted by atomic mass is 10.2. The fraction of sp³-hybridized carbons (Fsp3) is 0.818. The van der Waals surface area contributed by atoms with Crippen molar-refractivity contribution in [3.63, 3.8) is 0 Å². The first-order valence-corrected chi connectivity index (χ1v) is 7.21. The van der Waals surface area contributed by atoms with Gasteiger partial charge in [-0.05, 0) is 19.8 Å². The number of hydrogen-bond donors (Lipinski definition) is 1. The molecular formula is C11H20N2O2S. The van der Waals surface area contributed by atoms with Crippen LogP contribution in [0.25, 0.3) is 0 Å². The first-order chi connectivity index (χ1) is 7.56. The molecule has 0 radical (unpaired) electrons. The quantitative estimate of drug-likeness (QED) is 0.753. The first kappa shape index (κ1) is 13.5. The van der Waals surface area contributed by atoms with E-state index in [-0.39, 0.29) is 6.04 Å². The van der Waals surface area contributed by atoms with Crippen molar-refractivity contribution in [2.24, 2.45) is 0 Å². The van der Waals surface area contributed by atoms with E-state index < -0.39 is 10.2 Å². The van der Waals surface area contributed by atoms with Gasteiger partial charge in [0, 0.05) is 25.6 Å². The fourth-order valence-corrected chi connectivity index (χ4v) is 3.31. The molecule has 0 saturated carbocycles. The van der Waals surface area contributed by atoms with Gasteiger partial charge in [-0.2, -0.15) is 17.4 Å².